The maximum atomic E-state index is 14.1. The summed E-state index contributed by atoms with van der Waals surface area (Å²) in [5.41, 5.74) is 2.36. The minimum absolute atomic E-state index is 0.0569. The SMILES string of the molecule is C=C.CCc1cccc(N(C)Cc2cc(C#N)ccn2)c1C(C)(F)F. The smallest absolute Gasteiger partial charge is 0.272 e. The Morgan fingerprint density at radius 1 is 1.28 bits per heavy atom. The zero-order chi connectivity index (χ0) is 19.0. The van der Waals surface area contributed by atoms with Crippen molar-refractivity contribution in [2.75, 3.05) is 11.9 Å². The van der Waals surface area contributed by atoms with Gasteiger partial charge in [-0.1, -0.05) is 19.1 Å². The van der Waals surface area contributed by atoms with Crippen LogP contribution in [0.3, 0.4) is 0 Å². The summed E-state index contributed by atoms with van der Waals surface area (Å²) in [6.07, 6.45) is 2.10. The monoisotopic (exact) mass is 343 g/mol. The summed E-state index contributed by atoms with van der Waals surface area (Å²) in [6.45, 7) is 9.14. The molecule has 0 aliphatic rings. The van der Waals surface area contributed by atoms with E-state index in [1.165, 1.54) is 0 Å². The van der Waals surface area contributed by atoms with Gasteiger partial charge < -0.3 is 4.90 Å². The van der Waals surface area contributed by atoms with E-state index in [0.29, 0.717) is 35.5 Å². The summed E-state index contributed by atoms with van der Waals surface area (Å²) in [6, 6.07) is 10.6. The molecule has 0 spiro atoms. The van der Waals surface area contributed by atoms with Crippen LogP contribution in [0.5, 0.6) is 0 Å². The molecule has 0 amide bonds. The Hall–Kier alpha value is -2.74. The van der Waals surface area contributed by atoms with Crippen molar-refractivity contribution in [1.29, 1.82) is 5.26 Å². The topological polar surface area (TPSA) is 39.9 Å². The van der Waals surface area contributed by atoms with Crippen molar-refractivity contribution in [3.63, 3.8) is 0 Å². The molecule has 1 aromatic carbocycles. The van der Waals surface area contributed by atoms with Gasteiger partial charge in [-0.25, -0.2) is 8.78 Å². The number of rotatable bonds is 5. The van der Waals surface area contributed by atoms with Crippen molar-refractivity contribution in [3.8, 4) is 6.07 Å². The van der Waals surface area contributed by atoms with Crippen LogP contribution >= 0.6 is 0 Å². The zero-order valence-electron chi connectivity index (χ0n) is 14.9. The van der Waals surface area contributed by atoms with Crippen LogP contribution in [-0.4, -0.2) is 12.0 Å². The fourth-order valence-corrected chi connectivity index (χ4v) is 2.67. The predicted molar refractivity (Wildman–Crippen MR) is 97.7 cm³/mol. The number of anilines is 1. The van der Waals surface area contributed by atoms with Gasteiger partial charge in [0.2, 0.25) is 0 Å². The van der Waals surface area contributed by atoms with E-state index in [-0.39, 0.29) is 5.56 Å². The van der Waals surface area contributed by atoms with Gasteiger partial charge in [-0.2, -0.15) is 5.26 Å². The minimum atomic E-state index is -2.92. The molecule has 0 unspecified atom stereocenters. The van der Waals surface area contributed by atoms with Gasteiger partial charge in [-0.15, -0.1) is 13.2 Å². The molecule has 0 bridgehead atoms. The number of pyridine rings is 1. The summed E-state index contributed by atoms with van der Waals surface area (Å²) in [4.78, 5) is 5.95. The van der Waals surface area contributed by atoms with E-state index in [2.05, 4.69) is 24.2 Å². The van der Waals surface area contributed by atoms with Crippen LogP contribution < -0.4 is 4.90 Å². The third-order valence-electron chi connectivity index (χ3n) is 3.70. The highest BCUT2D eigenvalue weighted by Crippen LogP contribution is 2.37. The standard InChI is InChI=1S/C18H19F2N3.C2H4/c1-4-14-6-5-7-16(17(14)18(2,19)20)23(3)12-15-10-13(11-21)8-9-22-15;1-2/h5-10H,4,12H2,1-3H3;1-2H2. The normalized spacial score (nSPS) is 10.4. The molecular weight excluding hydrogens is 320 g/mol. The van der Waals surface area contributed by atoms with Crippen molar-refractivity contribution >= 4 is 5.69 Å². The summed E-state index contributed by atoms with van der Waals surface area (Å²) < 4.78 is 28.2. The second kappa shape index (κ2) is 8.93. The lowest BCUT2D eigenvalue weighted by atomic mass is 9.97. The molecule has 0 saturated carbocycles. The molecule has 25 heavy (non-hydrogen) atoms. The van der Waals surface area contributed by atoms with Gasteiger partial charge >= 0.3 is 0 Å². The molecule has 0 aliphatic heterocycles. The highest BCUT2D eigenvalue weighted by molar-refractivity contribution is 5.58. The number of nitriles is 1. The molecule has 1 aromatic heterocycles. The molecule has 2 rings (SSSR count). The lowest BCUT2D eigenvalue weighted by Gasteiger charge is -2.26. The van der Waals surface area contributed by atoms with Crippen molar-refractivity contribution in [2.45, 2.75) is 32.7 Å². The molecular formula is C20H23F2N3. The zero-order valence-corrected chi connectivity index (χ0v) is 14.9. The van der Waals surface area contributed by atoms with E-state index in [9.17, 15) is 8.78 Å². The fraction of sp³-hybridized carbons (Fsp3) is 0.300. The third-order valence-corrected chi connectivity index (χ3v) is 3.70. The Kier molecular flexibility index (Phi) is 7.25. The first-order valence-electron chi connectivity index (χ1n) is 7.93. The van der Waals surface area contributed by atoms with Gasteiger partial charge in [0.05, 0.1) is 23.9 Å². The van der Waals surface area contributed by atoms with E-state index >= 15 is 0 Å². The number of alkyl halides is 2. The number of halogens is 2. The Balaban J connectivity index is 0.00000151. The molecule has 0 aliphatic carbocycles. The Bertz CT molecular complexity index is 745. The van der Waals surface area contributed by atoms with Gasteiger partial charge in [0.15, 0.2) is 0 Å². The van der Waals surface area contributed by atoms with Crippen LogP contribution in [-0.2, 0) is 18.9 Å². The molecule has 3 nitrogen and oxygen atoms in total. The van der Waals surface area contributed by atoms with Crippen molar-refractivity contribution in [3.05, 3.63) is 72.1 Å². The van der Waals surface area contributed by atoms with Crippen LogP contribution in [0.15, 0.2) is 49.7 Å². The maximum absolute atomic E-state index is 14.1. The average molecular weight is 343 g/mol. The Labute approximate surface area is 148 Å². The van der Waals surface area contributed by atoms with Crippen molar-refractivity contribution in [1.82, 2.24) is 4.98 Å². The first-order valence-corrected chi connectivity index (χ1v) is 7.93. The van der Waals surface area contributed by atoms with Crippen LogP contribution in [0, 0.1) is 11.3 Å². The van der Waals surface area contributed by atoms with E-state index < -0.39 is 5.92 Å². The van der Waals surface area contributed by atoms with Crippen LogP contribution in [0.2, 0.25) is 0 Å². The molecule has 0 fully saturated rings. The molecule has 0 atom stereocenters. The number of nitrogens with zero attached hydrogens (tertiary/aromatic N) is 3. The third kappa shape index (κ3) is 5.12. The van der Waals surface area contributed by atoms with Crippen molar-refractivity contribution < 1.29 is 8.78 Å². The minimum Gasteiger partial charge on any atom is -0.368 e. The summed E-state index contributed by atoms with van der Waals surface area (Å²) in [7, 11) is 1.75. The first-order chi connectivity index (χ1) is 11.9. The molecule has 0 saturated heterocycles. The predicted octanol–water partition coefficient (Wildman–Crippen LogP) is 5.07. The molecule has 132 valence electrons. The van der Waals surface area contributed by atoms with Gasteiger partial charge in [0, 0.05) is 31.4 Å². The molecule has 1 heterocycles. The number of aryl methyl sites for hydroxylation is 1. The van der Waals surface area contributed by atoms with Gasteiger partial charge in [0.1, 0.15) is 0 Å². The lowest BCUT2D eigenvalue weighted by molar-refractivity contribution is 0.0171. The maximum Gasteiger partial charge on any atom is 0.272 e. The van der Waals surface area contributed by atoms with E-state index in [4.69, 9.17) is 5.26 Å². The fourth-order valence-electron chi connectivity index (χ4n) is 2.67. The highest BCUT2D eigenvalue weighted by Gasteiger charge is 2.31. The molecule has 0 radical (unpaired) electrons. The highest BCUT2D eigenvalue weighted by atomic mass is 19.3. The van der Waals surface area contributed by atoms with E-state index in [1.807, 2.05) is 6.92 Å². The van der Waals surface area contributed by atoms with Gasteiger partial charge in [-0.05, 0) is 30.2 Å². The second-order valence-corrected chi connectivity index (χ2v) is 5.56. The molecule has 2 aromatic rings. The summed E-state index contributed by atoms with van der Waals surface area (Å²) in [5.74, 6) is -2.92. The van der Waals surface area contributed by atoms with Crippen molar-refractivity contribution in [2.24, 2.45) is 0 Å². The summed E-state index contributed by atoms with van der Waals surface area (Å²) in [5, 5.41) is 8.94. The first kappa shape index (κ1) is 20.3. The largest absolute Gasteiger partial charge is 0.368 e. The lowest BCUT2D eigenvalue weighted by Crippen LogP contribution is -2.23. The Morgan fingerprint density at radius 2 is 1.96 bits per heavy atom. The quantitative estimate of drug-likeness (QED) is 0.712. The van der Waals surface area contributed by atoms with Crippen LogP contribution in [0.1, 0.15) is 36.2 Å². The average Bonchev–Trinajstić information content (AvgIpc) is 2.62. The van der Waals surface area contributed by atoms with E-state index in [1.54, 1.807) is 48.5 Å². The Morgan fingerprint density at radius 3 is 2.52 bits per heavy atom. The van der Waals surface area contributed by atoms with Gasteiger partial charge in [-0.3, -0.25) is 4.98 Å². The van der Waals surface area contributed by atoms with Gasteiger partial charge in [0.25, 0.3) is 5.92 Å². The molecule has 0 N–H and O–H groups in total. The molecule has 5 heteroatoms. The van der Waals surface area contributed by atoms with Crippen LogP contribution in [0.4, 0.5) is 14.5 Å². The number of benzene rings is 1. The number of hydrogen-bond donors (Lipinski definition) is 0. The number of aromatic nitrogens is 1. The second-order valence-electron chi connectivity index (χ2n) is 5.56. The summed E-state index contributed by atoms with van der Waals surface area (Å²) >= 11 is 0. The van der Waals surface area contributed by atoms with Crippen LogP contribution in [0.25, 0.3) is 0 Å². The number of hydrogen-bond acceptors (Lipinski definition) is 3. The van der Waals surface area contributed by atoms with E-state index in [0.717, 1.165) is 6.92 Å².